The third kappa shape index (κ3) is 2.88. The van der Waals surface area contributed by atoms with Crippen molar-refractivity contribution in [2.24, 2.45) is 11.8 Å². The number of ether oxygens (including phenoxy) is 3. The topological polar surface area (TPSA) is 77.1 Å². The predicted octanol–water partition coefficient (Wildman–Crippen LogP) is 1.00. The number of rotatable bonds is 5. The van der Waals surface area contributed by atoms with Crippen LogP contribution in [0.1, 0.15) is 28.8 Å². The summed E-state index contributed by atoms with van der Waals surface area (Å²) in [4.78, 5) is 26.5. The Kier molecular flexibility index (Phi) is 4.32. The number of carbonyl (C=O) groups excluding carboxylic acids is 2. The molecule has 7 heteroatoms. The van der Waals surface area contributed by atoms with Gasteiger partial charge in [0.2, 0.25) is 0 Å². The first kappa shape index (κ1) is 17.9. The van der Waals surface area contributed by atoms with Gasteiger partial charge in [-0.3, -0.25) is 14.5 Å². The van der Waals surface area contributed by atoms with E-state index in [0.717, 1.165) is 43.7 Å². The highest BCUT2D eigenvalue weighted by Crippen LogP contribution is 2.54. The van der Waals surface area contributed by atoms with Crippen LogP contribution >= 0.6 is 0 Å². The highest BCUT2D eigenvalue weighted by Gasteiger charge is 2.62. The molecule has 1 N–H and O–H groups in total. The molecule has 1 amide bonds. The summed E-state index contributed by atoms with van der Waals surface area (Å²) >= 11 is 0. The molecule has 150 valence electrons. The van der Waals surface area contributed by atoms with Gasteiger partial charge in [0.25, 0.3) is 5.91 Å². The van der Waals surface area contributed by atoms with E-state index in [1.807, 2.05) is 18.2 Å². The summed E-state index contributed by atoms with van der Waals surface area (Å²) in [6.07, 6.45) is 3.13. The summed E-state index contributed by atoms with van der Waals surface area (Å²) in [5, 5.41) is 3.12. The van der Waals surface area contributed by atoms with E-state index in [2.05, 4.69) is 10.2 Å². The number of carbonyl (C=O) groups is 2. The van der Waals surface area contributed by atoms with Gasteiger partial charge in [-0.15, -0.1) is 0 Å². The molecule has 3 saturated heterocycles. The summed E-state index contributed by atoms with van der Waals surface area (Å²) in [5.74, 6) is 1.27. The zero-order chi connectivity index (χ0) is 19.3. The molecule has 1 spiro atoms. The Morgan fingerprint density at radius 2 is 2.29 bits per heavy atom. The number of nitrogens with one attached hydrogen (secondary N) is 1. The number of likely N-dealkylation sites (tertiary alicyclic amines) is 1. The van der Waals surface area contributed by atoms with Crippen molar-refractivity contribution in [2.75, 3.05) is 39.9 Å². The molecule has 1 aromatic carbocycles. The second-order valence-corrected chi connectivity index (χ2v) is 8.41. The van der Waals surface area contributed by atoms with Crippen molar-refractivity contribution in [3.8, 4) is 5.75 Å². The van der Waals surface area contributed by atoms with Crippen molar-refractivity contribution in [1.29, 1.82) is 0 Å². The maximum absolute atomic E-state index is 12.7. The van der Waals surface area contributed by atoms with Gasteiger partial charge in [0.05, 0.1) is 32.0 Å². The van der Waals surface area contributed by atoms with Gasteiger partial charge in [-0.2, -0.15) is 0 Å². The minimum Gasteiger partial charge on any atom is -0.493 e. The fourth-order valence-electron chi connectivity index (χ4n) is 5.57. The van der Waals surface area contributed by atoms with Gasteiger partial charge in [0, 0.05) is 43.5 Å². The van der Waals surface area contributed by atoms with E-state index >= 15 is 0 Å². The first-order chi connectivity index (χ1) is 13.6. The molecule has 4 heterocycles. The van der Waals surface area contributed by atoms with E-state index in [1.54, 1.807) is 0 Å². The fraction of sp³-hybridized carbons (Fsp3) is 0.619. The van der Waals surface area contributed by atoms with Crippen LogP contribution in [-0.4, -0.2) is 68.4 Å². The van der Waals surface area contributed by atoms with Crippen molar-refractivity contribution in [2.45, 2.75) is 31.0 Å². The zero-order valence-corrected chi connectivity index (χ0v) is 16.1. The number of fused-ring (bicyclic) bond motifs is 2. The highest BCUT2D eigenvalue weighted by molar-refractivity contribution is 5.94. The zero-order valence-electron chi connectivity index (χ0n) is 16.1. The van der Waals surface area contributed by atoms with Crippen LogP contribution in [0.3, 0.4) is 0 Å². The number of nitrogens with zero attached hydrogens (tertiary/aromatic N) is 1. The van der Waals surface area contributed by atoms with E-state index in [0.29, 0.717) is 31.2 Å². The van der Waals surface area contributed by atoms with Gasteiger partial charge in [0.15, 0.2) is 0 Å². The van der Waals surface area contributed by atoms with Gasteiger partial charge < -0.3 is 19.5 Å². The van der Waals surface area contributed by atoms with E-state index in [-0.39, 0.29) is 29.5 Å². The summed E-state index contributed by atoms with van der Waals surface area (Å²) < 4.78 is 16.7. The van der Waals surface area contributed by atoms with Crippen LogP contribution in [0.5, 0.6) is 5.75 Å². The van der Waals surface area contributed by atoms with Gasteiger partial charge in [-0.25, -0.2) is 0 Å². The average molecular weight is 386 g/mol. The minimum absolute atomic E-state index is 0.0454. The average Bonchev–Trinajstić information content (AvgIpc) is 3.44. The van der Waals surface area contributed by atoms with Crippen molar-refractivity contribution in [3.63, 3.8) is 0 Å². The SMILES string of the molecule is COC(=O)CN1C[C@@H]2[C@H](CNC(=O)c3ccc4c(c3)CCO4)[C@H]3CC[C@]2(C1)O3. The maximum Gasteiger partial charge on any atom is 0.319 e. The van der Waals surface area contributed by atoms with Gasteiger partial charge in [0.1, 0.15) is 5.75 Å². The van der Waals surface area contributed by atoms with Crippen LogP contribution in [0, 0.1) is 11.8 Å². The molecule has 4 atom stereocenters. The number of methoxy groups -OCH3 is 1. The van der Waals surface area contributed by atoms with E-state index < -0.39 is 0 Å². The smallest absolute Gasteiger partial charge is 0.319 e. The molecule has 4 aliphatic rings. The number of hydrogen-bond acceptors (Lipinski definition) is 6. The highest BCUT2D eigenvalue weighted by atomic mass is 16.5. The molecule has 0 unspecified atom stereocenters. The Morgan fingerprint density at radius 1 is 1.39 bits per heavy atom. The molecule has 2 bridgehead atoms. The lowest BCUT2D eigenvalue weighted by atomic mass is 9.73. The van der Waals surface area contributed by atoms with Crippen LogP contribution in [0.2, 0.25) is 0 Å². The minimum atomic E-state index is -0.212. The summed E-state index contributed by atoms with van der Waals surface area (Å²) in [7, 11) is 1.42. The normalized spacial score (nSPS) is 32.7. The number of esters is 1. The number of amides is 1. The van der Waals surface area contributed by atoms with Gasteiger partial charge >= 0.3 is 5.97 Å². The van der Waals surface area contributed by atoms with E-state index in [4.69, 9.17) is 14.2 Å². The van der Waals surface area contributed by atoms with Gasteiger partial charge in [-0.05, 0) is 36.6 Å². The lowest BCUT2D eigenvalue weighted by Crippen LogP contribution is -2.41. The number of hydrogen-bond donors (Lipinski definition) is 1. The predicted molar refractivity (Wildman–Crippen MR) is 100 cm³/mol. The Hall–Kier alpha value is -2.12. The van der Waals surface area contributed by atoms with Crippen LogP contribution < -0.4 is 10.1 Å². The molecular formula is C21H26N2O5. The maximum atomic E-state index is 12.7. The second kappa shape index (κ2) is 6.74. The first-order valence-corrected chi connectivity index (χ1v) is 10.1. The molecule has 0 radical (unpaired) electrons. The second-order valence-electron chi connectivity index (χ2n) is 8.41. The standard InChI is InChI=1S/C21H26N2O5/c1-26-19(24)11-23-10-16-15(18-4-6-21(16,12-23)28-18)9-22-20(25)14-2-3-17-13(8-14)5-7-27-17/h2-3,8,15-16,18H,4-7,9-12H2,1H3,(H,22,25)/t15-,16+,18+,21+/m0/s1. The molecule has 28 heavy (non-hydrogen) atoms. The lowest BCUT2D eigenvalue weighted by Gasteiger charge is -2.29. The molecule has 0 aliphatic carbocycles. The Balaban J connectivity index is 1.23. The van der Waals surface area contributed by atoms with E-state index in [1.165, 1.54) is 7.11 Å². The molecule has 1 aromatic rings. The molecule has 0 saturated carbocycles. The molecule has 5 rings (SSSR count). The van der Waals surface area contributed by atoms with Gasteiger partial charge in [-0.1, -0.05) is 0 Å². The quantitative estimate of drug-likeness (QED) is 0.761. The van der Waals surface area contributed by atoms with Crippen molar-refractivity contribution < 1.29 is 23.8 Å². The summed E-state index contributed by atoms with van der Waals surface area (Å²) in [5.41, 5.74) is 1.63. The molecule has 7 nitrogen and oxygen atoms in total. The third-order valence-corrected chi connectivity index (χ3v) is 6.88. The molecular weight excluding hydrogens is 360 g/mol. The Morgan fingerprint density at radius 3 is 3.14 bits per heavy atom. The van der Waals surface area contributed by atoms with E-state index in [9.17, 15) is 9.59 Å². The van der Waals surface area contributed by atoms with Crippen molar-refractivity contribution >= 4 is 11.9 Å². The van der Waals surface area contributed by atoms with Crippen LogP contribution in [0.25, 0.3) is 0 Å². The molecule has 0 aromatic heterocycles. The monoisotopic (exact) mass is 386 g/mol. The summed E-state index contributed by atoms with van der Waals surface area (Å²) in [6, 6.07) is 5.64. The molecule has 3 fully saturated rings. The fourth-order valence-corrected chi connectivity index (χ4v) is 5.57. The van der Waals surface area contributed by atoms with Crippen LogP contribution in [-0.2, 0) is 20.7 Å². The van der Waals surface area contributed by atoms with Crippen LogP contribution in [0.15, 0.2) is 18.2 Å². The van der Waals surface area contributed by atoms with Crippen molar-refractivity contribution in [1.82, 2.24) is 10.2 Å². The molecule has 4 aliphatic heterocycles. The van der Waals surface area contributed by atoms with Crippen molar-refractivity contribution in [3.05, 3.63) is 29.3 Å². The third-order valence-electron chi connectivity index (χ3n) is 6.88. The summed E-state index contributed by atoms with van der Waals surface area (Å²) in [6.45, 7) is 3.20. The Labute approximate surface area is 164 Å². The lowest BCUT2D eigenvalue weighted by molar-refractivity contribution is -0.141. The number of benzene rings is 1. The Bertz CT molecular complexity index is 812. The first-order valence-electron chi connectivity index (χ1n) is 10.1. The van der Waals surface area contributed by atoms with Crippen LogP contribution in [0.4, 0.5) is 0 Å². The largest absolute Gasteiger partial charge is 0.493 e.